The van der Waals surface area contributed by atoms with Crippen molar-refractivity contribution in [2.24, 2.45) is 11.7 Å². The Morgan fingerprint density at radius 2 is 2.22 bits per heavy atom. The number of thioether (sulfide) groups is 1. The molecule has 0 aliphatic rings. The van der Waals surface area contributed by atoms with Crippen LogP contribution in [-0.4, -0.2) is 23.5 Å². The number of amides is 1. The standard InChI is InChI=1S/C13H22N2OS2/c1-9(2)13(11-5-4-6-18-11)15-12(16)8-17-7-10(3)14/h4-6,9-10,13H,7-8,14H2,1-3H3,(H,15,16). The minimum atomic E-state index is 0.0905. The Labute approximate surface area is 118 Å². The van der Waals surface area contributed by atoms with Gasteiger partial charge in [-0.2, -0.15) is 11.8 Å². The van der Waals surface area contributed by atoms with Crippen molar-refractivity contribution in [1.82, 2.24) is 5.32 Å². The zero-order valence-electron chi connectivity index (χ0n) is 11.2. The molecule has 0 aromatic carbocycles. The SMILES string of the molecule is CC(N)CSCC(=O)NC(c1cccs1)C(C)C. The van der Waals surface area contributed by atoms with Crippen LogP contribution in [0.2, 0.25) is 0 Å². The maximum absolute atomic E-state index is 11.9. The number of nitrogens with one attached hydrogen (secondary N) is 1. The molecule has 3 nitrogen and oxygen atoms in total. The third kappa shape index (κ3) is 5.42. The van der Waals surface area contributed by atoms with Gasteiger partial charge < -0.3 is 11.1 Å². The van der Waals surface area contributed by atoms with E-state index >= 15 is 0 Å². The molecule has 0 saturated carbocycles. The minimum Gasteiger partial charge on any atom is -0.348 e. The summed E-state index contributed by atoms with van der Waals surface area (Å²) in [7, 11) is 0. The number of carbonyl (C=O) groups is 1. The molecule has 18 heavy (non-hydrogen) atoms. The van der Waals surface area contributed by atoms with Crippen LogP contribution in [0.5, 0.6) is 0 Å². The molecule has 1 aromatic heterocycles. The predicted molar refractivity (Wildman–Crippen MR) is 81.0 cm³/mol. The number of carbonyl (C=O) groups excluding carboxylic acids is 1. The minimum absolute atomic E-state index is 0.0905. The zero-order valence-corrected chi connectivity index (χ0v) is 12.8. The zero-order chi connectivity index (χ0) is 13.5. The molecule has 0 spiro atoms. The molecule has 102 valence electrons. The fraction of sp³-hybridized carbons (Fsp3) is 0.615. The highest BCUT2D eigenvalue weighted by atomic mass is 32.2. The lowest BCUT2D eigenvalue weighted by atomic mass is 10.0. The monoisotopic (exact) mass is 286 g/mol. The van der Waals surface area contributed by atoms with Gasteiger partial charge in [0, 0.05) is 16.7 Å². The maximum atomic E-state index is 11.9. The summed E-state index contributed by atoms with van der Waals surface area (Å²) in [5.41, 5.74) is 5.65. The first-order chi connectivity index (χ1) is 8.50. The van der Waals surface area contributed by atoms with Gasteiger partial charge in [-0.25, -0.2) is 0 Å². The average molecular weight is 286 g/mol. The van der Waals surface area contributed by atoms with E-state index in [1.807, 2.05) is 18.4 Å². The van der Waals surface area contributed by atoms with Crippen molar-refractivity contribution in [3.63, 3.8) is 0 Å². The van der Waals surface area contributed by atoms with Crippen molar-refractivity contribution in [1.29, 1.82) is 0 Å². The molecule has 5 heteroatoms. The average Bonchev–Trinajstić information content (AvgIpc) is 2.78. The van der Waals surface area contributed by atoms with Gasteiger partial charge in [-0.1, -0.05) is 19.9 Å². The van der Waals surface area contributed by atoms with Crippen molar-refractivity contribution in [2.45, 2.75) is 32.9 Å². The summed E-state index contributed by atoms with van der Waals surface area (Å²) in [4.78, 5) is 13.1. The smallest absolute Gasteiger partial charge is 0.230 e. The highest BCUT2D eigenvalue weighted by Crippen LogP contribution is 2.25. The molecular formula is C13H22N2OS2. The predicted octanol–water partition coefficient (Wildman–Crippen LogP) is 2.64. The Morgan fingerprint density at radius 3 is 2.72 bits per heavy atom. The normalized spacial score (nSPS) is 14.5. The van der Waals surface area contributed by atoms with E-state index in [9.17, 15) is 4.79 Å². The Kier molecular flexibility index (Phi) is 6.75. The van der Waals surface area contributed by atoms with Gasteiger partial charge in [0.25, 0.3) is 0 Å². The molecule has 0 radical (unpaired) electrons. The summed E-state index contributed by atoms with van der Waals surface area (Å²) in [6, 6.07) is 4.35. The molecule has 3 N–H and O–H groups in total. The van der Waals surface area contributed by atoms with Gasteiger partial charge in [-0.15, -0.1) is 11.3 Å². The van der Waals surface area contributed by atoms with E-state index in [1.54, 1.807) is 23.1 Å². The molecule has 0 saturated heterocycles. The van der Waals surface area contributed by atoms with Gasteiger partial charge in [-0.05, 0) is 24.3 Å². The first-order valence-electron chi connectivity index (χ1n) is 6.16. The van der Waals surface area contributed by atoms with E-state index in [-0.39, 0.29) is 18.0 Å². The van der Waals surface area contributed by atoms with E-state index in [4.69, 9.17) is 5.73 Å². The van der Waals surface area contributed by atoms with Crippen molar-refractivity contribution in [3.8, 4) is 0 Å². The molecule has 2 unspecified atom stereocenters. The van der Waals surface area contributed by atoms with E-state index in [0.717, 1.165) is 5.75 Å². The van der Waals surface area contributed by atoms with Crippen LogP contribution >= 0.6 is 23.1 Å². The van der Waals surface area contributed by atoms with Gasteiger partial charge in [0.15, 0.2) is 0 Å². The van der Waals surface area contributed by atoms with Crippen LogP contribution in [0, 0.1) is 5.92 Å². The van der Waals surface area contributed by atoms with Gasteiger partial charge >= 0.3 is 0 Å². The lowest BCUT2D eigenvalue weighted by Crippen LogP contribution is -2.33. The van der Waals surface area contributed by atoms with Crippen molar-refractivity contribution in [2.75, 3.05) is 11.5 Å². The van der Waals surface area contributed by atoms with Crippen LogP contribution in [0.4, 0.5) is 0 Å². The van der Waals surface area contributed by atoms with Crippen molar-refractivity contribution in [3.05, 3.63) is 22.4 Å². The third-order valence-electron chi connectivity index (χ3n) is 2.45. The van der Waals surface area contributed by atoms with E-state index in [0.29, 0.717) is 11.7 Å². The van der Waals surface area contributed by atoms with E-state index in [2.05, 4.69) is 25.2 Å². The van der Waals surface area contributed by atoms with E-state index in [1.165, 1.54) is 4.88 Å². The first kappa shape index (κ1) is 15.5. The molecule has 0 aliphatic carbocycles. The number of rotatable bonds is 7. The third-order valence-corrected chi connectivity index (χ3v) is 4.63. The fourth-order valence-corrected chi connectivity index (χ4v) is 3.29. The Balaban J connectivity index is 2.44. The van der Waals surface area contributed by atoms with Crippen LogP contribution < -0.4 is 11.1 Å². The lowest BCUT2D eigenvalue weighted by Gasteiger charge is -2.21. The number of hydrogen-bond acceptors (Lipinski definition) is 4. The van der Waals surface area contributed by atoms with Crippen molar-refractivity contribution < 1.29 is 4.79 Å². The first-order valence-corrected chi connectivity index (χ1v) is 8.20. The Bertz CT molecular complexity index is 350. The largest absolute Gasteiger partial charge is 0.348 e. The summed E-state index contributed by atoms with van der Waals surface area (Å²) >= 11 is 3.28. The molecule has 2 atom stereocenters. The second-order valence-corrected chi connectivity index (χ2v) is 6.81. The molecule has 1 rings (SSSR count). The summed E-state index contributed by atoms with van der Waals surface area (Å²) in [5, 5.41) is 5.15. The number of hydrogen-bond donors (Lipinski definition) is 2. The summed E-state index contributed by atoms with van der Waals surface area (Å²) in [5.74, 6) is 1.79. The number of nitrogens with two attached hydrogens (primary N) is 1. The summed E-state index contributed by atoms with van der Waals surface area (Å²) < 4.78 is 0. The highest BCUT2D eigenvalue weighted by Gasteiger charge is 2.18. The molecular weight excluding hydrogens is 264 g/mol. The van der Waals surface area contributed by atoms with Crippen LogP contribution in [-0.2, 0) is 4.79 Å². The molecule has 0 fully saturated rings. The Hall–Kier alpha value is -0.520. The van der Waals surface area contributed by atoms with Crippen LogP contribution in [0.3, 0.4) is 0 Å². The van der Waals surface area contributed by atoms with Crippen LogP contribution in [0.1, 0.15) is 31.7 Å². The number of thiophene rings is 1. The lowest BCUT2D eigenvalue weighted by molar-refractivity contribution is -0.119. The quantitative estimate of drug-likeness (QED) is 0.810. The molecule has 1 amide bonds. The van der Waals surface area contributed by atoms with Gasteiger partial charge in [0.1, 0.15) is 0 Å². The van der Waals surface area contributed by atoms with Gasteiger partial charge in [0.2, 0.25) is 5.91 Å². The Morgan fingerprint density at radius 1 is 1.50 bits per heavy atom. The summed E-state index contributed by atoms with van der Waals surface area (Å²) in [6.07, 6.45) is 0. The van der Waals surface area contributed by atoms with Crippen LogP contribution in [0.25, 0.3) is 0 Å². The van der Waals surface area contributed by atoms with Crippen LogP contribution in [0.15, 0.2) is 17.5 Å². The van der Waals surface area contributed by atoms with Gasteiger partial charge in [0.05, 0.1) is 11.8 Å². The highest BCUT2D eigenvalue weighted by molar-refractivity contribution is 7.99. The second-order valence-electron chi connectivity index (χ2n) is 4.80. The molecule has 1 heterocycles. The molecule has 1 aromatic rings. The molecule has 0 aliphatic heterocycles. The fourth-order valence-electron chi connectivity index (χ4n) is 1.59. The van der Waals surface area contributed by atoms with Gasteiger partial charge in [-0.3, -0.25) is 4.79 Å². The summed E-state index contributed by atoms with van der Waals surface area (Å²) in [6.45, 7) is 6.20. The molecule has 0 bridgehead atoms. The van der Waals surface area contributed by atoms with Crippen molar-refractivity contribution >= 4 is 29.0 Å². The second kappa shape index (κ2) is 7.81. The maximum Gasteiger partial charge on any atom is 0.230 e. The topological polar surface area (TPSA) is 55.1 Å². The van der Waals surface area contributed by atoms with E-state index < -0.39 is 0 Å².